The predicted octanol–water partition coefficient (Wildman–Crippen LogP) is 1.89. The van der Waals surface area contributed by atoms with E-state index in [4.69, 9.17) is 0 Å². The van der Waals surface area contributed by atoms with E-state index in [1.807, 2.05) is 0 Å². The topological polar surface area (TPSA) is 81.7 Å². The highest BCUT2D eigenvalue weighted by Crippen LogP contribution is 2.24. The van der Waals surface area contributed by atoms with Crippen LogP contribution in [0.1, 0.15) is 34.1 Å². The molecular formula is C14H20F3NO5. The highest BCUT2D eigenvalue weighted by atomic mass is 19.4. The number of nitrogens with one attached hydrogen (secondary N) is 1. The molecule has 0 aliphatic heterocycles. The lowest BCUT2D eigenvalue weighted by atomic mass is 10.1. The first-order valence-electron chi connectivity index (χ1n) is 6.98. The summed E-state index contributed by atoms with van der Waals surface area (Å²) in [5.41, 5.74) is -1.71. The van der Waals surface area contributed by atoms with Gasteiger partial charge in [-0.1, -0.05) is 0 Å². The molecule has 0 spiro atoms. The molecule has 0 aliphatic rings. The first kappa shape index (κ1) is 20.9. The Morgan fingerprint density at radius 3 is 1.96 bits per heavy atom. The van der Waals surface area contributed by atoms with E-state index in [0.29, 0.717) is 0 Å². The molecule has 9 heteroatoms. The summed E-state index contributed by atoms with van der Waals surface area (Å²) in [7, 11) is 0. The number of alkyl halides is 3. The highest BCUT2D eigenvalue weighted by molar-refractivity contribution is 6.20. The largest absolute Gasteiger partial charge is 0.466 e. The average molecular weight is 339 g/mol. The Bertz CT molecular complexity index is 483. The maximum Gasteiger partial charge on any atom is 0.455 e. The van der Waals surface area contributed by atoms with Crippen molar-refractivity contribution in [2.45, 2.75) is 46.3 Å². The second-order valence-electron chi connectivity index (χ2n) is 4.68. The average Bonchev–Trinajstić information content (AvgIpc) is 2.37. The molecule has 0 aromatic rings. The van der Waals surface area contributed by atoms with Crippen molar-refractivity contribution in [1.29, 1.82) is 0 Å². The molecule has 23 heavy (non-hydrogen) atoms. The van der Waals surface area contributed by atoms with Gasteiger partial charge in [0, 0.05) is 11.7 Å². The van der Waals surface area contributed by atoms with Gasteiger partial charge in [-0.25, -0.2) is 4.79 Å². The minimum atomic E-state index is -5.28. The monoisotopic (exact) mass is 339 g/mol. The van der Waals surface area contributed by atoms with Gasteiger partial charge in [-0.3, -0.25) is 9.59 Å². The number of rotatable bonds is 8. The van der Waals surface area contributed by atoms with Crippen molar-refractivity contribution in [3.63, 3.8) is 0 Å². The van der Waals surface area contributed by atoms with Crippen molar-refractivity contribution in [3.8, 4) is 0 Å². The van der Waals surface area contributed by atoms with Crippen molar-refractivity contribution >= 4 is 17.7 Å². The van der Waals surface area contributed by atoms with Crippen molar-refractivity contribution in [3.05, 3.63) is 11.3 Å². The number of carbonyl (C=O) groups is 3. The van der Waals surface area contributed by atoms with Gasteiger partial charge >= 0.3 is 18.1 Å². The Morgan fingerprint density at radius 1 is 1.04 bits per heavy atom. The number of hydrogen-bond donors (Lipinski definition) is 1. The molecule has 0 rings (SSSR count). The van der Waals surface area contributed by atoms with Crippen LogP contribution in [0.15, 0.2) is 11.3 Å². The lowest BCUT2D eigenvalue weighted by Crippen LogP contribution is -2.35. The Balaban J connectivity index is 5.96. The molecule has 0 bridgehead atoms. The van der Waals surface area contributed by atoms with Crippen molar-refractivity contribution in [2.24, 2.45) is 0 Å². The summed E-state index contributed by atoms with van der Waals surface area (Å²) in [5.74, 6) is -4.68. The summed E-state index contributed by atoms with van der Waals surface area (Å²) < 4.78 is 47.4. The van der Waals surface area contributed by atoms with Gasteiger partial charge in [0.25, 0.3) is 5.78 Å². The lowest BCUT2D eigenvalue weighted by Gasteiger charge is -2.18. The zero-order valence-electron chi connectivity index (χ0n) is 13.4. The van der Waals surface area contributed by atoms with Crippen LogP contribution < -0.4 is 5.32 Å². The van der Waals surface area contributed by atoms with E-state index in [-0.39, 0.29) is 13.2 Å². The molecule has 132 valence electrons. The third kappa shape index (κ3) is 7.16. The number of Topliss-reactive ketones (excluding diaryl/α,β-unsaturated/α-hetero) is 1. The van der Waals surface area contributed by atoms with Gasteiger partial charge in [-0.05, 0) is 27.7 Å². The molecule has 0 heterocycles. The van der Waals surface area contributed by atoms with Crippen LogP contribution in [0.5, 0.6) is 0 Å². The fourth-order valence-electron chi connectivity index (χ4n) is 1.61. The summed E-state index contributed by atoms with van der Waals surface area (Å²) in [6.07, 6.45) is -5.96. The minimum absolute atomic E-state index is 0.00967. The van der Waals surface area contributed by atoms with Gasteiger partial charge in [0.1, 0.15) is 5.57 Å². The molecule has 0 unspecified atom stereocenters. The number of hydrogen-bond acceptors (Lipinski definition) is 6. The molecule has 1 N–H and O–H groups in total. The second-order valence-corrected chi connectivity index (χ2v) is 4.68. The van der Waals surface area contributed by atoms with E-state index >= 15 is 0 Å². The summed E-state index contributed by atoms with van der Waals surface area (Å²) in [4.78, 5) is 34.9. The number of esters is 2. The van der Waals surface area contributed by atoms with E-state index < -0.39 is 47.6 Å². The molecular weight excluding hydrogens is 319 g/mol. The zero-order chi connectivity index (χ0) is 18.2. The molecule has 0 aliphatic carbocycles. The minimum Gasteiger partial charge on any atom is -0.466 e. The second kappa shape index (κ2) is 9.16. The molecule has 0 atom stereocenters. The molecule has 6 nitrogen and oxygen atoms in total. The van der Waals surface area contributed by atoms with Gasteiger partial charge in [0.05, 0.1) is 19.6 Å². The Hall–Kier alpha value is -2.06. The number of ether oxygens (including phenoxy) is 2. The molecule has 0 saturated heterocycles. The third-order valence-corrected chi connectivity index (χ3v) is 2.36. The van der Waals surface area contributed by atoms with Gasteiger partial charge in [0.15, 0.2) is 0 Å². The lowest BCUT2D eigenvalue weighted by molar-refractivity contribution is -0.168. The van der Waals surface area contributed by atoms with Crippen LogP contribution in [0.3, 0.4) is 0 Å². The molecule has 0 aromatic carbocycles. The van der Waals surface area contributed by atoms with E-state index in [9.17, 15) is 27.6 Å². The Labute approximate surface area is 132 Å². The Morgan fingerprint density at radius 2 is 1.57 bits per heavy atom. The van der Waals surface area contributed by atoms with E-state index in [1.165, 1.54) is 13.8 Å². The fourth-order valence-corrected chi connectivity index (χ4v) is 1.61. The predicted molar refractivity (Wildman–Crippen MR) is 74.2 cm³/mol. The summed E-state index contributed by atoms with van der Waals surface area (Å²) in [6.45, 7) is 5.84. The van der Waals surface area contributed by atoms with Crippen LogP contribution in [0.4, 0.5) is 13.2 Å². The van der Waals surface area contributed by atoms with Crippen LogP contribution >= 0.6 is 0 Å². The van der Waals surface area contributed by atoms with E-state index in [1.54, 1.807) is 13.8 Å². The number of halogens is 3. The van der Waals surface area contributed by atoms with Crippen molar-refractivity contribution < 1.29 is 37.0 Å². The van der Waals surface area contributed by atoms with Gasteiger partial charge in [-0.2, -0.15) is 13.2 Å². The van der Waals surface area contributed by atoms with Gasteiger partial charge < -0.3 is 14.8 Å². The van der Waals surface area contributed by atoms with Crippen LogP contribution in [-0.2, 0) is 23.9 Å². The first-order valence-corrected chi connectivity index (χ1v) is 6.98. The summed E-state index contributed by atoms with van der Waals surface area (Å²) >= 11 is 0. The highest BCUT2D eigenvalue weighted by Gasteiger charge is 2.45. The van der Waals surface area contributed by atoms with Gasteiger partial charge in [0.2, 0.25) is 0 Å². The molecule has 0 amide bonds. The number of ketones is 1. The molecule has 0 radical (unpaired) electrons. The SMILES string of the molecule is CCOC(=O)CC(NC(C)C)=C(C(=O)OCC)C(=O)C(F)(F)F. The maximum atomic E-state index is 12.7. The van der Waals surface area contributed by atoms with Crippen molar-refractivity contribution in [1.82, 2.24) is 5.32 Å². The smallest absolute Gasteiger partial charge is 0.455 e. The standard InChI is InChI=1S/C14H20F3NO5/c1-5-22-10(19)7-9(18-8(3)4)11(13(21)23-6-2)12(20)14(15,16)17/h8,18H,5-7H2,1-4H3. The first-order chi connectivity index (χ1) is 10.5. The molecule has 0 saturated carbocycles. The third-order valence-electron chi connectivity index (χ3n) is 2.36. The Kier molecular flexibility index (Phi) is 8.34. The van der Waals surface area contributed by atoms with Crippen LogP contribution in [-0.4, -0.2) is 43.2 Å². The van der Waals surface area contributed by atoms with Crippen LogP contribution in [0, 0.1) is 0 Å². The van der Waals surface area contributed by atoms with Crippen LogP contribution in [0.2, 0.25) is 0 Å². The van der Waals surface area contributed by atoms with E-state index in [2.05, 4.69) is 14.8 Å². The van der Waals surface area contributed by atoms with Crippen LogP contribution in [0.25, 0.3) is 0 Å². The maximum absolute atomic E-state index is 12.7. The number of carbonyl (C=O) groups excluding carboxylic acids is 3. The summed E-state index contributed by atoms with van der Waals surface area (Å²) in [6, 6.07) is -0.426. The normalized spacial score (nSPS) is 12.5. The fraction of sp³-hybridized carbons (Fsp3) is 0.643. The summed E-state index contributed by atoms with van der Waals surface area (Å²) in [5, 5.41) is 2.52. The molecule has 0 fully saturated rings. The van der Waals surface area contributed by atoms with Gasteiger partial charge in [-0.15, -0.1) is 0 Å². The van der Waals surface area contributed by atoms with Crippen molar-refractivity contribution in [2.75, 3.05) is 13.2 Å². The van der Waals surface area contributed by atoms with E-state index in [0.717, 1.165) is 0 Å². The molecule has 0 aromatic heterocycles. The quantitative estimate of drug-likeness (QED) is 0.315. The zero-order valence-corrected chi connectivity index (χ0v) is 13.4.